The van der Waals surface area contributed by atoms with Crippen molar-refractivity contribution in [1.82, 2.24) is 25.3 Å². The standard InChI is InChI=1S/C15H17N5/c1-12(16-7-13-8-17-18-9-13)14-10-19-20(11-14)15-5-3-2-4-6-15/h2-6,8-12,16H,7H2,1H3,(H,17,18). The van der Waals surface area contributed by atoms with Crippen LogP contribution in [0.4, 0.5) is 0 Å². The average Bonchev–Trinajstić information content (AvgIpc) is 3.17. The van der Waals surface area contributed by atoms with Crippen molar-refractivity contribution in [3.63, 3.8) is 0 Å². The van der Waals surface area contributed by atoms with Gasteiger partial charge in [0.15, 0.2) is 0 Å². The van der Waals surface area contributed by atoms with Crippen molar-refractivity contribution in [3.05, 3.63) is 66.2 Å². The number of rotatable bonds is 5. The van der Waals surface area contributed by atoms with Crippen LogP contribution in [0.25, 0.3) is 5.69 Å². The molecule has 102 valence electrons. The van der Waals surface area contributed by atoms with Gasteiger partial charge in [-0.05, 0) is 19.1 Å². The van der Waals surface area contributed by atoms with Gasteiger partial charge >= 0.3 is 0 Å². The Kier molecular flexibility index (Phi) is 3.60. The molecule has 2 heterocycles. The summed E-state index contributed by atoms with van der Waals surface area (Å²) >= 11 is 0. The predicted molar refractivity (Wildman–Crippen MR) is 77.4 cm³/mol. The Morgan fingerprint density at radius 3 is 2.85 bits per heavy atom. The van der Waals surface area contributed by atoms with Crippen molar-refractivity contribution < 1.29 is 0 Å². The molecule has 3 aromatic rings. The van der Waals surface area contributed by atoms with E-state index in [1.54, 1.807) is 0 Å². The highest BCUT2D eigenvalue weighted by Crippen LogP contribution is 2.14. The fraction of sp³-hybridized carbons (Fsp3) is 0.200. The van der Waals surface area contributed by atoms with E-state index in [1.807, 2.05) is 53.6 Å². The van der Waals surface area contributed by atoms with E-state index in [4.69, 9.17) is 0 Å². The monoisotopic (exact) mass is 267 g/mol. The largest absolute Gasteiger partial charge is 0.306 e. The van der Waals surface area contributed by atoms with Crippen molar-refractivity contribution in [1.29, 1.82) is 0 Å². The van der Waals surface area contributed by atoms with Crippen LogP contribution in [0.1, 0.15) is 24.1 Å². The predicted octanol–water partition coefficient (Wildman–Crippen LogP) is 2.45. The van der Waals surface area contributed by atoms with E-state index >= 15 is 0 Å². The van der Waals surface area contributed by atoms with Gasteiger partial charge in [-0.25, -0.2) is 4.68 Å². The zero-order valence-electron chi connectivity index (χ0n) is 11.3. The highest BCUT2D eigenvalue weighted by atomic mass is 15.3. The SMILES string of the molecule is CC(NCc1cn[nH]c1)c1cnn(-c2ccccc2)c1. The van der Waals surface area contributed by atoms with Crippen LogP contribution >= 0.6 is 0 Å². The molecule has 0 saturated heterocycles. The molecule has 20 heavy (non-hydrogen) atoms. The van der Waals surface area contributed by atoms with Crippen molar-refractivity contribution in [3.8, 4) is 5.69 Å². The third kappa shape index (κ3) is 2.78. The molecule has 0 aliphatic rings. The minimum atomic E-state index is 0.238. The molecule has 0 amide bonds. The summed E-state index contributed by atoms with van der Waals surface area (Å²) in [5.41, 5.74) is 3.38. The molecule has 2 aromatic heterocycles. The Balaban J connectivity index is 1.67. The lowest BCUT2D eigenvalue weighted by atomic mass is 10.2. The second kappa shape index (κ2) is 5.71. The van der Waals surface area contributed by atoms with E-state index < -0.39 is 0 Å². The normalized spacial score (nSPS) is 12.4. The molecule has 0 aliphatic carbocycles. The summed E-state index contributed by atoms with van der Waals surface area (Å²) in [7, 11) is 0. The Hall–Kier alpha value is -2.40. The lowest BCUT2D eigenvalue weighted by Crippen LogP contribution is -2.17. The number of aromatic amines is 1. The first-order valence-corrected chi connectivity index (χ1v) is 6.64. The van der Waals surface area contributed by atoms with Gasteiger partial charge in [-0.3, -0.25) is 5.10 Å². The van der Waals surface area contributed by atoms with Gasteiger partial charge in [-0.15, -0.1) is 0 Å². The molecule has 0 radical (unpaired) electrons. The minimum absolute atomic E-state index is 0.238. The summed E-state index contributed by atoms with van der Waals surface area (Å²) in [6.07, 6.45) is 7.68. The van der Waals surface area contributed by atoms with Crippen LogP contribution in [-0.2, 0) is 6.54 Å². The fourth-order valence-corrected chi connectivity index (χ4v) is 2.05. The Bertz CT molecular complexity index is 642. The Morgan fingerprint density at radius 1 is 1.25 bits per heavy atom. The zero-order chi connectivity index (χ0) is 13.8. The third-order valence-corrected chi connectivity index (χ3v) is 3.29. The summed E-state index contributed by atoms with van der Waals surface area (Å²) in [5.74, 6) is 0. The quantitative estimate of drug-likeness (QED) is 0.746. The minimum Gasteiger partial charge on any atom is -0.306 e. The molecule has 0 spiro atoms. The number of nitrogens with zero attached hydrogens (tertiary/aromatic N) is 3. The summed E-state index contributed by atoms with van der Waals surface area (Å²) < 4.78 is 1.89. The topological polar surface area (TPSA) is 58.5 Å². The van der Waals surface area contributed by atoms with Crippen LogP contribution in [0.2, 0.25) is 0 Å². The first-order chi connectivity index (χ1) is 9.83. The van der Waals surface area contributed by atoms with Crippen molar-refractivity contribution in [2.75, 3.05) is 0 Å². The lowest BCUT2D eigenvalue weighted by Gasteiger charge is -2.10. The Morgan fingerprint density at radius 2 is 2.10 bits per heavy atom. The maximum Gasteiger partial charge on any atom is 0.0645 e. The van der Waals surface area contributed by atoms with E-state index in [-0.39, 0.29) is 6.04 Å². The van der Waals surface area contributed by atoms with Crippen molar-refractivity contribution >= 4 is 0 Å². The van der Waals surface area contributed by atoms with E-state index in [1.165, 1.54) is 0 Å². The molecule has 0 fully saturated rings. The van der Waals surface area contributed by atoms with Crippen LogP contribution in [0, 0.1) is 0 Å². The molecule has 0 saturated carbocycles. The Labute approximate surface area is 117 Å². The van der Waals surface area contributed by atoms with Crippen molar-refractivity contribution in [2.24, 2.45) is 0 Å². The summed E-state index contributed by atoms with van der Waals surface area (Å²) in [4.78, 5) is 0. The molecule has 1 aromatic carbocycles. The second-order valence-electron chi connectivity index (χ2n) is 4.76. The second-order valence-corrected chi connectivity index (χ2v) is 4.76. The first kappa shape index (κ1) is 12.6. The third-order valence-electron chi connectivity index (χ3n) is 3.29. The number of hydrogen-bond acceptors (Lipinski definition) is 3. The number of hydrogen-bond donors (Lipinski definition) is 2. The maximum atomic E-state index is 4.41. The molecule has 0 aliphatic heterocycles. The number of aromatic nitrogens is 4. The van der Waals surface area contributed by atoms with Crippen molar-refractivity contribution in [2.45, 2.75) is 19.5 Å². The van der Waals surface area contributed by atoms with Gasteiger partial charge in [-0.2, -0.15) is 10.2 Å². The fourth-order valence-electron chi connectivity index (χ4n) is 2.05. The van der Waals surface area contributed by atoms with E-state index in [2.05, 4.69) is 33.7 Å². The van der Waals surface area contributed by atoms with Gasteiger partial charge in [0.1, 0.15) is 0 Å². The van der Waals surface area contributed by atoms with Gasteiger partial charge in [0.2, 0.25) is 0 Å². The van der Waals surface area contributed by atoms with Gasteiger partial charge in [0.25, 0.3) is 0 Å². The summed E-state index contributed by atoms with van der Waals surface area (Å²) in [6, 6.07) is 10.3. The van der Waals surface area contributed by atoms with E-state index in [0.29, 0.717) is 0 Å². The molecule has 0 bridgehead atoms. The number of H-pyrrole nitrogens is 1. The first-order valence-electron chi connectivity index (χ1n) is 6.64. The van der Waals surface area contributed by atoms with Gasteiger partial charge in [0.05, 0.1) is 18.1 Å². The van der Waals surface area contributed by atoms with E-state index in [9.17, 15) is 0 Å². The average molecular weight is 267 g/mol. The van der Waals surface area contributed by atoms with Crippen LogP contribution < -0.4 is 5.32 Å². The van der Waals surface area contributed by atoms with Crippen LogP contribution in [0.3, 0.4) is 0 Å². The molecule has 3 rings (SSSR count). The van der Waals surface area contributed by atoms with Gasteiger partial charge in [-0.1, -0.05) is 18.2 Å². The number of para-hydroxylation sites is 1. The summed E-state index contributed by atoms with van der Waals surface area (Å²) in [6.45, 7) is 2.92. The smallest absolute Gasteiger partial charge is 0.0645 e. The van der Waals surface area contributed by atoms with Crippen LogP contribution in [0.15, 0.2) is 55.1 Å². The molecule has 5 heteroatoms. The van der Waals surface area contributed by atoms with Gasteiger partial charge in [0, 0.05) is 36.1 Å². The highest BCUT2D eigenvalue weighted by molar-refractivity contribution is 5.31. The van der Waals surface area contributed by atoms with Crippen LogP contribution in [0.5, 0.6) is 0 Å². The molecule has 1 atom stereocenters. The molecule has 2 N–H and O–H groups in total. The number of benzene rings is 1. The summed E-state index contributed by atoms with van der Waals surface area (Å²) in [5, 5.41) is 14.6. The lowest BCUT2D eigenvalue weighted by molar-refractivity contribution is 0.574. The molecule has 1 unspecified atom stereocenters. The number of nitrogens with one attached hydrogen (secondary N) is 2. The molecular weight excluding hydrogens is 250 g/mol. The highest BCUT2D eigenvalue weighted by Gasteiger charge is 2.08. The van der Waals surface area contributed by atoms with E-state index in [0.717, 1.165) is 23.4 Å². The maximum absolute atomic E-state index is 4.41. The zero-order valence-corrected chi connectivity index (χ0v) is 11.3. The van der Waals surface area contributed by atoms with Gasteiger partial charge < -0.3 is 5.32 Å². The molecular formula is C15H17N5. The molecule has 5 nitrogen and oxygen atoms in total. The van der Waals surface area contributed by atoms with Crippen LogP contribution in [-0.4, -0.2) is 20.0 Å².